The maximum absolute atomic E-state index is 14.3. The van der Waals surface area contributed by atoms with E-state index in [2.05, 4.69) is 20.3 Å². The van der Waals surface area contributed by atoms with Gasteiger partial charge in [-0.05, 0) is 36.4 Å². The van der Waals surface area contributed by atoms with Gasteiger partial charge in [-0.2, -0.15) is 13.2 Å². The molecule has 0 radical (unpaired) electrons. The first kappa shape index (κ1) is 25.8. The lowest BCUT2D eigenvalue weighted by Gasteiger charge is -2.32. The van der Waals surface area contributed by atoms with E-state index in [1.165, 1.54) is 16.7 Å². The SMILES string of the molecule is CN(C)c1cnc(-c2ccc3ncc4ccc(=O)n(-c5ccc(N6CCNCC6)c(C(F)(F)F)c5)c4c3c2)cn1. The molecule has 11 heteroatoms. The Bertz CT molecular complexity index is 1780. The van der Waals surface area contributed by atoms with Gasteiger partial charge in [0.2, 0.25) is 0 Å². The number of nitrogens with one attached hydrogen (secondary N) is 1. The lowest BCUT2D eigenvalue weighted by molar-refractivity contribution is -0.137. The van der Waals surface area contributed by atoms with Crippen molar-refractivity contribution in [2.45, 2.75) is 6.18 Å². The summed E-state index contributed by atoms with van der Waals surface area (Å²) in [5.41, 5.74) is 1.47. The van der Waals surface area contributed by atoms with Gasteiger partial charge in [-0.1, -0.05) is 6.07 Å². The molecule has 4 heterocycles. The number of fused-ring (bicyclic) bond motifs is 3. The van der Waals surface area contributed by atoms with Crippen molar-refractivity contribution in [3.8, 4) is 16.9 Å². The van der Waals surface area contributed by atoms with E-state index in [0.717, 1.165) is 11.6 Å². The minimum atomic E-state index is -4.60. The van der Waals surface area contributed by atoms with Crippen LogP contribution in [0, 0.1) is 0 Å². The molecule has 0 unspecified atom stereocenters. The van der Waals surface area contributed by atoms with Crippen LogP contribution in [-0.4, -0.2) is 59.8 Å². The van der Waals surface area contributed by atoms with Crippen LogP contribution in [0.25, 0.3) is 38.8 Å². The zero-order valence-corrected chi connectivity index (χ0v) is 21.9. The Morgan fingerprint density at radius 2 is 1.70 bits per heavy atom. The third-order valence-corrected chi connectivity index (χ3v) is 7.11. The second-order valence-corrected chi connectivity index (χ2v) is 9.89. The normalized spacial score (nSPS) is 14.2. The molecule has 6 rings (SSSR count). The van der Waals surface area contributed by atoms with E-state index in [1.807, 2.05) is 37.2 Å². The summed E-state index contributed by atoms with van der Waals surface area (Å²) in [6.07, 6.45) is 0.347. The molecular formula is C29H26F3N7O. The third kappa shape index (κ3) is 4.62. The summed E-state index contributed by atoms with van der Waals surface area (Å²) < 4.78 is 44.3. The van der Waals surface area contributed by atoms with Crippen LogP contribution in [0.1, 0.15) is 5.56 Å². The molecular weight excluding hydrogens is 519 g/mol. The Kier molecular flexibility index (Phi) is 6.38. The summed E-state index contributed by atoms with van der Waals surface area (Å²) in [5.74, 6) is 0.704. The highest BCUT2D eigenvalue weighted by Crippen LogP contribution is 2.39. The van der Waals surface area contributed by atoms with Gasteiger partial charge >= 0.3 is 6.18 Å². The molecule has 1 saturated heterocycles. The van der Waals surface area contributed by atoms with E-state index < -0.39 is 17.3 Å². The number of aromatic nitrogens is 4. The Morgan fingerprint density at radius 3 is 2.40 bits per heavy atom. The standard InChI is InChI=1S/C29H26F3N7O/c1-37(2)26-17-35-24(16-36-26)18-3-6-23-21(13-18)28-19(15-34-23)4-8-27(40)39(28)20-5-7-25(22(14-20)29(30,31)32)38-11-9-33-10-12-38/h3-8,13-17,33H,9-12H2,1-2H3. The number of piperazine rings is 1. The van der Waals surface area contributed by atoms with Gasteiger partial charge in [0, 0.05) is 74.6 Å². The van der Waals surface area contributed by atoms with Gasteiger partial charge in [-0.15, -0.1) is 0 Å². The Balaban J connectivity index is 1.56. The molecule has 0 aliphatic carbocycles. The molecule has 0 atom stereocenters. The average Bonchev–Trinajstić information content (AvgIpc) is 2.96. The highest BCUT2D eigenvalue weighted by atomic mass is 19.4. The number of anilines is 2. The van der Waals surface area contributed by atoms with Gasteiger partial charge in [0.25, 0.3) is 5.56 Å². The van der Waals surface area contributed by atoms with Crippen LogP contribution in [0.3, 0.4) is 0 Å². The fraction of sp³-hybridized carbons (Fsp3) is 0.241. The van der Waals surface area contributed by atoms with E-state index in [-0.39, 0.29) is 11.4 Å². The Hall–Kier alpha value is -4.51. The molecule has 1 aliphatic heterocycles. The lowest BCUT2D eigenvalue weighted by atomic mass is 10.0. The summed E-state index contributed by atoms with van der Waals surface area (Å²) in [6.45, 7) is 2.14. The summed E-state index contributed by atoms with van der Waals surface area (Å²) in [4.78, 5) is 30.3. The smallest absolute Gasteiger partial charge is 0.368 e. The molecule has 1 N–H and O–H groups in total. The summed E-state index contributed by atoms with van der Waals surface area (Å²) >= 11 is 0. The number of halogens is 3. The van der Waals surface area contributed by atoms with Crippen molar-refractivity contribution in [3.05, 3.63) is 83.0 Å². The molecule has 0 spiro atoms. The van der Waals surface area contributed by atoms with Gasteiger partial charge in [-0.3, -0.25) is 19.3 Å². The number of alkyl halides is 3. The van der Waals surface area contributed by atoms with Gasteiger partial charge in [-0.25, -0.2) is 4.98 Å². The van der Waals surface area contributed by atoms with Crippen LogP contribution in [-0.2, 0) is 6.18 Å². The Morgan fingerprint density at radius 1 is 0.900 bits per heavy atom. The lowest BCUT2D eigenvalue weighted by Crippen LogP contribution is -2.44. The van der Waals surface area contributed by atoms with E-state index in [0.29, 0.717) is 59.5 Å². The number of benzene rings is 2. The molecule has 0 amide bonds. The first-order valence-electron chi connectivity index (χ1n) is 12.8. The highest BCUT2D eigenvalue weighted by Gasteiger charge is 2.36. The number of pyridine rings is 2. The van der Waals surface area contributed by atoms with E-state index >= 15 is 0 Å². The minimum Gasteiger partial charge on any atom is -0.368 e. The molecule has 8 nitrogen and oxygen atoms in total. The van der Waals surface area contributed by atoms with Crippen LogP contribution < -0.4 is 20.7 Å². The predicted molar refractivity (Wildman–Crippen MR) is 150 cm³/mol. The number of hydrogen-bond acceptors (Lipinski definition) is 7. The predicted octanol–water partition coefficient (Wildman–Crippen LogP) is 4.49. The summed E-state index contributed by atoms with van der Waals surface area (Å²) in [7, 11) is 3.74. The van der Waals surface area contributed by atoms with Crippen molar-refractivity contribution >= 4 is 33.3 Å². The van der Waals surface area contributed by atoms with Gasteiger partial charge in [0.1, 0.15) is 5.82 Å². The van der Waals surface area contributed by atoms with Crippen molar-refractivity contribution in [2.24, 2.45) is 0 Å². The van der Waals surface area contributed by atoms with E-state index in [4.69, 9.17) is 0 Å². The summed E-state index contributed by atoms with van der Waals surface area (Å²) in [6, 6.07) is 12.6. The molecule has 2 aromatic carbocycles. The van der Waals surface area contributed by atoms with Crippen LogP contribution in [0.5, 0.6) is 0 Å². The van der Waals surface area contributed by atoms with Crippen molar-refractivity contribution < 1.29 is 13.2 Å². The van der Waals surface area contributed by atoms with Crippen molar-refractivity contribution in [2.75, 3.05) is 50.1 Å². The monoisotopic (exact) mass is 545 g/mol. The molecule has 3 aromatic heterocycles. The molecule has 0 saturated carbocycles. The maximum Gasteiger partial charge on any atom is 0.418 e. The molecule has 5 aromatic rings. The van der Waals surface area contributed by atoms with E-state index in [9.17, 15) is 18.0 Å². The number of hydrogen-bond donors (Lipinski definition) is 1. The first-order chi connectivity index (χ1) is 19.2. The van der Waals surface area contributed by atoms with Crippen LogP contribution in [0.15, 0.2) is 71.9 Å². The molecule has 204 valence electrons. The van der Waals surface area contributed by atoms with Gasteiger partial charge in [0.15, 0.2) is 0 Å². The van der Waals surface area contributed by atoms with E-state index in [1.54, 1.807) is 35.6 Å². The largest absolute Gasteiger partial charge is 0.418 e. The second kappa shape index (κ2) is 9.91. The fourth-order valence-corrected chi connectivity index (χ4v) is 5.10. The topological polar surface area (TPSA) is 79.2 Å². The molecule has 1 aliphatic rings. The van der Waals surface area contributed by atoms with Crippen molar-refractivity contribution in [1.82, 2.24) is 24.8 Å². The quantitative estimate of drug-likeness (QED) is 0.334. The summed E-state index contributed by atoms with van der Waals surface area (Å²) in [5, 5.41) is 4.40. The molecule has 40 heavy (non-hydrogen) atoms. The molecule has 0 bridgehead atoms. The van der Waals surface area contributed by atoms with Gasteiger partial charge < -0.3 is 15.1 Å². The molecule has 1 fully saturated rings. The number of rotatable bonds is 4. The van der Waals surface area contributed by atoms with Crippen molar-refractivity contribution in [1.29, 1.82) is 0 Å². The first-order valence-corrected chi connectivity index (χ1v) is 12.8. The second-order valence-electron chi connectivity index (χ2n) is 9.89. The fourth-order valence-electron chi connectivity index (χ4n) is 5.10. The van der Waals surface area contributed by atoms with Crippen molar-refractivity contribution in [3.63, 3.8) is 0 Å². The third-order valence-electron chi connectivity index (χ3n) is 7.11. The van der Waals surface area contributed by atoms with Crippen LogP contribution in [0.4, 0.5) is 24.7 Å². The van der Waals surface area contributed by atoms with Crippen LogP contribution >= 0.6 is 0 Å². The van der Waals surface area contributed by atoms with Gasteiger partial charge in [0.05, 0.1) is 40.4 Å². The highest BCUT2D eigenvalue weighted by molar-refractivity contribution is 6.05. The minimum absolute atomic E-state index is 0.111. The number of nitrogens with zero attached hydrogens (tertiary/aromatic N) is 6. The zero-order chi connectivity index (χ0) is 28.0. The average molecular weight is 546 g/mol. The maximum atomic E-state index is 14.3. The Labute approximate surface area is 227 Å². The van der Waals surface area contributed by atoms with Crippen LogP contribution in [0.2, 0.25) is 0 Å². The zero-order valence-electron chi connectivity index (χ0n) is 21.9.